The van der Waals surface area contributed by atoms with Crippen molar-refractivity contribution in [2.45, 2.75) is 0 Å². The predicted octanol–water partition coefficient (Wildman–Crippen LogP) is 4.17. The number of rotatable bonds is 5. The summed E-state index contributed by atoms with van der Waals surface area (Å²) in [6, 6.07) is 20.0. The van der Waals surface area contributed by atoms with Gasteiger partial charge in [-0.1, -0.05) is 28.1 Å². The summed E-state index contributed by atoms with van der Waals surface area (Å²) in [7, 11) is 0. The first-order valence-electron chi connectivity index (χ1n) is 8.31. The Labute approximate surface area is 170 Å². The lowest BCUT2D eigenvalue weighted by atomic mass is 10.1. The summed E-state index contributed by atoms with van der Waals surface area (Å²) in [4.78, 5) is 24.6. The second kappa shape index (κ2) is 8.96. The maximum Gasteiger partial charge on any atom is 0.271 e. The number of carbonyl (C=O) groups is 2. The topological polar surface area (TPSA) is 90.8 Å². The van der Waals surface area contributed by atoms with E-state index in [4.69, 9.17) is 0 Å². The lowest BCUT2D eigenvalue weighted by Crippen LogP contribution is -2.18. The van der Waals surface area contributed by atoms with E-state index >= 15 is 0 Å². The van der Waals surface area contributed by atoms with Crippen LogP contribution in [0.15, 0.2) is 82.4 Å². The van der Waals surface area contributed by atoms with Crippen LogP contribution in [0, 0.1) is 0 Å². The molecule has 6 nitrogen and oxygen atoms in total. The smallest absolute Gasteiger partial charge is 0.271 e. The van der Waals surface area contributed by atoms with Crippen LogP contribution in [0.4, 0.5) is 5.69 Å². The number of nitrogens with zero attached hydrogens (tertiary/aromatic N) is 1. The van der Waals surface area contributed by atoms with Gasteiger partial charge in [-0.15, -0.1) is 0 Å². The Morgan fingerprint density at radius 2 is 1.57 bits per heavy atom. The SMILES string of the molecule is O=C(NN=Cc1ccc(O)cc1)c1cccc(NC(=O)c2cccc(Br)c2)c1. The Hall–Kier alpha value is -3.45. The van der Waals surface area contributed by atoms with E-state index in [1.165, 1.54) is 18.3 Å². The Morgan fingerprint density at radius 1 is 0.893 bits per heavy atom. The molecule has 3 aromatic rings. The molecule has 0 saturated carbocycles. The van der Waals surface area contributed by atoms with Crippen LogP contribution in [-0.4, -0.2) is 23.1 Å². The molecule has 0 bridgehead atoms. The number of phenolic OH excluding ortho intramolecular Hbond substituents is 1. The third-order valence-electron chi connectivity index (χ3n) is 3.74. The van der Waals surface area contributed by atoms with Gasteiger partial charge in [0.2, 0.25) is 0 Å². The van der Waals surface area contributed by atoms with Gasteiger partial charge in [-0.05, 0) is 66.2 Å². The first-order chi connectivity index (χ1) is 13.5. The molecule has 0 unspecified atom stereocenters. The van der Waals surface area contributed by atoms with Crippen LogP contribution in [0.3, 0.4) is 0 Å². The Bertz CT molecular complexity index is 1030. The number of anilines is 1. The standard InChI is InChI=1S/C21H16BrN3O3/c22-17-5-1-3-15(11-17)20(27)24-18-6-2-4-16(12-18)21(28)25-23-13-14-7-9-19(26)10-8-14/h1-13,26H,(H,24,27)(H,25,28). The summed E-state index contributed by atoms with van der Waals surface area (Å²) in [6.45, 7) is 0. The number of amides is 2. The Morgan fingerprint density at radius 3 is 2.29 bits per heavy atom. The Kier molecular flexibility index (Phi) is 6.18. The second-order valence-electron chi connectivity index (χ2n) is 5.84. The molecule has 0 saturated heterocycles. The minimum Gasteiger partial charge on any atom is -0.508 e. The zero-order valence-corrected chi connectivity index (χ0v) is 16.2. The fourth-order valence-corrected chi connectivity index (χ4v) is 2.76. The average molecular weight is 438 g/mol. The highest BCUT2D eigenvalue weighted by molar-refractivity contribution is 9.10. The van der Waals surface area contributed by atoms with Crippen molar-refractivity contribution in [1.29, 1.82) is 0 Å². The van der Waals surface area contributed by atoms with E-state index < -0.39 is 5.91 Å². The van der Waals surface area contributed by atoms with E-state index in [1.807, 2.05) is 6.07 Å². The van der Waals surface area contributed by atoms with E-state index in [1.54, 1.807) is 54.6 Å². The molecule has 3 rings (SSSR count). The van der Waals surface area contributed by atoms with Gasteiger partial charge in [0.1, 0.15) is 5.75 Å². The quantitative estimate of drug-likeness (QED) is 0.413. The van der Waals surface area contributed by atoms with Crippen LogP contribution in [-0.2, 0) is 0 Å². The number of aromatic hydroxyl groups is 1. The summed E-state index contributed by atoms with van der Waals surface area (Å²) in [5.41, 5.74) is 4.52. The molecule has 0 aliphatic rings. The van der Waals surface area contributed by atoms with Crippen LogP contribution in [0.25, 0.3) is 0 Å². The normalized spacial score (nSPS) is 10.6. The van der Waals surface area contributed by atoms with Gasteiger partial charge in [-0.25, -0.2) is 5.43 Å². The molecule has 0 heterocycles. The van der Waals surface area contributed by atoms with Crippen molar-refractivity contribution in [3.05, 3.63) is 94.0 Å². The molecule has 0 spiro atoms. The van der Waals surface area contributed by atoms with Gasteiger partial charge in [0, 0.05) is 21.3 Å². The molecule has 0 aliphatic heterocycles. The first kappa shape index (κ1) is 19.3. The number of hydrazone groups is 1. The van der Waals surface area contributed by atoms with Crippen molar-refractivity contribution in [3.63, 3.8) is 0 Å². The average Bonchev–Trinajstić information content (AvgIpc) is 2.69. The molecule has 0 aromatic heterocycles. The third kappa shape index (κ3) is 5.28. The van der Waals surface area contributed by atoms with Gasteiger partial charge in [-0.3, -0.25) is 9.59 Å². The molecular formula is C21H16BrN3O3. The number of hydrogen-bond acceptors (Lipinski definition) is 4. The third-order valence-corrected chi connectivity index (χ3v) is 4.24. The van der Waals surface area contributed by atoms with E-state index in [9.17, 15) is 14.7 Å². The fourth-order valence-electron chi connectivity index (χ4n) is 2.36. The Balaban J connectivity index is 1.64. The molecule has 3 N–H and O–H groups in total. The van der Waals surface area contributed by atoms with E-state index in [0.717, 1.165) is 10.0 Å². The van der Waals surface area contributed by atoms with Gasteiger partial charge in [0.05, 0.1) is 6.21 Å². The lowest BCUT2D eigenvalue weighted by Gasteiger charge is -2.07. The summed E-state index contributed by atoms with van der Waals surface area (Å²) >= 11 is 3.33. The molecule has 28 heavy (non-hydrogen) atoms. The molecule has 3 aromatic carbocycles. The number of phenols is 1. The molecule has 0 aliphatic carbocycles. The zero-order valence-electron chi connectivity index (χ0n) is 14.6. The number of carbonyl (C=O) groups excluding carboxylic acids is 2. The molecule has 2 amide bonds. The van der Waals surface area contributed by atoms with Crippen LogP contribution >= 0.6 is 15.9 Å². The summed E-state index contributed by atoms with van der Waals surface area (Å²) < 4.78 is 0.805. The van der Waals surface area contributed by atoms with Gasteiger partial charge >= 0.3 is 0 Å². The summed E-state index contributed by atoms with van der Waals surface area (Å²) in [5, 5.41) is 15.9. The predicted molar refractivity (Wildman–Crippen MR) is 112 cm³/mol. The second-order valence-corrected chi connectivity index (χ2v) is 6.75. The van der Waals surface area contributed by atoms with Crippen molar-refractivity contribution < 1.29 is 14.7 Å². The van der Waals surface area contributed by atoms with E-state index in [2.05, 4.69) is 31.8 Å². The zero-order chi connectivity index (χ0) is 19.9. The van der Waals surface area contributed by atoms with Gasteiger partial charge in [0.25, 0.3) is 11.8 Å². The van der Waals surface area contributed by atoms with Crippen molar-refractivity contribution >= 4 is 39.6 Å². The highest BCUT2D eigenvalue weighted by Crippen LogP contribution is 2.15. The fraction of sp³-hybridized carbons (Fsp3) is 0. The molecule has 140 valence electrons. The first-order valence-corrected chi connectivity index (χ1v) is 9.10. The van der Waals surface area contributed by atoms with Crippen LogP contribution < -0.4 is 10.7 Å². The van der Waals surface area contributed by atoms with Crippen molar-refractivity contribution in [2.75, 3.05) is 5.32 Å². The molecule has 7 heteroatoms. The number of halogens is 1. The lowest BCUT2D eigenvalue weighted by molar-refractivity contribution is 0.0953. The number of hydrogen-bond donors (Lipinski definition) is 3. The van der Waals surface area contributed by atoms with E-state index in [-0.39, 0.29) is 11.7 Å². The molecular weight excluding hydrogens is 422 g/mol. The molecule has 0 atom stereocenters. The van der Waals surface area contributed by atoms with Gasteiger partial charge < -0.3 is 10.4 Å². The van der Waals surface area contributed by atoms with E-state index in [0.29, 0.717) is 16.8 Å². The maximum atomic E-state index is 12.3. The summed E-state index contributed by atoms with van der Waals surface area (Å²) in [5.74, 6) is -0.527. The monoisotopic (exact) mass is 437 g/mol. The highest BCUT2D eigenvalue weighted by Gasteiger charge is 2.09. The minimum absolute atomic E-state index is 0.155. The van der Waals surface area contributed by atoms with Gasteiger partial charge in [-0.2, -0.15) is 5.10 Å². The highest BCUT2D eigenvalue weighted by atomic mass is 79.9. The van der Waals surface area contributed by atoms with Crippen molar-refractivity contribution in [2.24, 2.45) is 5.10 Å². The minimum atomic E-state index is -0.409. The van der Waals surface area contributed by atoms with Crippen LogP contribution in [0.5, 0.6) is 5.75 Å². The molecule has 0 fully saturated rings. The van der Waals surface area contributed by atoms with Gasteiger partial charge in [0.15, 0.2) is 0 Å². The largest absolute Gasteiger partial charge is 0.508 e. The van der Waals surface area contributed by atoms with Crippen molar-refractivity contribution in [3.8, 4) is 5.75 Å². The molecule has 0 radical (unpaired) electrons. The van der Waals surface area contributed by atoms with Crippen LogP contribution in [0.2, 0.25) is 0 Å². The number of benzene rings is 3. The van der Waals surface area contributed by atoms with Crippen LogP contribution in [0.1, 0.15) is 26.3 Å². The summed E-state index contributed by atoms with van der Waals surface area (Å²) in [6.07, 6.45) is 1.47. The number of nitrogens with one attached hydrogen (secondary N) is 2. The van der Waals surface area contributed by atoms with Crippen molar-refractivity contribution in [1.82, 2.24) is 5.43 Å². The maximum absolute atomic E-state index is 12.3.